The first-order valence-corrected chi connectivity index (χ1v) is 8.90. The van der Waals surface area contributed by atoms with Crippen LogP contribution in [-0.4, -0.2) is 49.6 Å². The number of sulfone groups is 1. The quantitative estimate of drug-likeness (QED) is 0.861. The van der Waals surface area contributed by atoms with Gasteiger partial charge in [-0.2, -0.15) is 0 Å². The van der Waals surface area contributed by atoms with Gasteiger partial charge in [0.05, 0.1) is 10.8 Å². The van der Waals surface area contributed by atoms with Gasteiger partial charge >= 0.3 is 5.97 Å². The van der Waals surface area contributed by atoms with E-state index in [1.165, 1.54) is 23.1 Å². The molecule has 1 aromatic carbocycles. The Bertz CT molecular complexity index is 701. The number of carboxylic acids is 1. The number of carboxylic acid groups (broad SMARTS) is 1. The second-order valence-corrected chi connectivity index (χ2v) is 7.83. The first kappa shape index (κ1) is 16.0. The van der Waals surface area contributed by atoms with E-state index in [0.717, 1.165) is 6.26 Å². The maximum absolute atomic E-state index is 12.3. The number of amides is 1. The van der Waals surface area contributed by atoms with Gasteiger partial charge < -0.3 is 10.0 Å². The fourth-order valence-corrected chi connectivity index (χ4v) is 4.14. The van der Waals surface area contributed by atoms with E-state index in [4.69, 9.17) is 5.11 Å². The van der Waals surface area contributed by atoms with Crippen LogP contribution < -0.4 is 0 Å². The zero-order valence-corrected chi connectivity index (χ0v) is 13.6. The standard InChI is InChI=1S/C13H14BrNO5S/c1-21(19,20)11-6-8(2-3-10(11)14)12(16)15-5-4-9(7-15)13(17)18/h2-3,6,9H,4-5,7H2,1H3,(H,17,18). The molecule has 1 saturated heterocycles. The van der Waals surface area contributed by atoms with E-state index >= 15 is 0 Å². The molecule has 1 unspecified atom stereocenters. The van der Waals surface area contributed by atoms with E-state index in [1.807, 2.05) is 0 Å². The number of benzene rings is 1. The van der Waals surface area contributed by atoms with E-state index in [9.17, 15) is 18.0 Å². The summed E-state index contributed by atoms with van der Waals surface area (Å²) in [5.74, 6) is -1.83. The van der Waals surface area contributed by atoms with Crippen molar-refractivity contribution in [3.63, 3.8) is 0 Å². The van der Waals surface area contributed by atoms with Crippen molar-refractivity contribution in [2.75, 3.05) is 19.3 Å². The highest BCUT2D eigenvalue weighted by atomic mass is 79.9. The number of hydrogen-bond donors (Lipinski definition) is 1. The van der Waals surface area contributed by atoms with Crippen LogP contribution in [0.2, 0.25) is 0 Å². The number of aliphatic carboxylic acids is 1. The zero-order valence-electron chi connectivity index (χ0n) is 11.2. The molecule has 1 aliphatic heterocycles. The van der Waals surface area contributed by atoms with Crippen molar-refractivity contribution < 1.29 is 23.1 Å². The SMILES string of the molecule is CS(=O)(=O)c1cc(C(=O)N2CCC(C(=O)O)C2)ccc1Br. The first-order valence-electron chi connectivity index (χ1n) is 6.22. The molecule has 0 bridgehead atoms. The van der Waals surface area contributed by atoms with Gasteiger partial charge in [0.2, 0.25) is 0 Å². The number of carbonyl (C=O) groups excluding carboxylic acids is 1. The van der Waals surface area contributed by atoms with Crippen LogP contribution in [-0.2, 0) is 14.6 Å². The van der Waals surface area contributed by atoms with Crippen LogP contribution in [0.4, 0.5) is 0 Å². The van der Waals surface area contributed by atoms with Crippen molar-refractivity contribution in [1.82, 2.24) is 4.90 Å². The van der Waals surface area contributed by atoms with Crippen molar-refractivity contribution in [3.05, 3.63) is 28.2 Å². The summed E-state index contributed by atoms with van der Waals surface area (Å²) in [7, 11) is -3.45. The number of halogens is 1. The second-order valence-electron chi connectivity index (χ2n) is 4.99. The third-order valence-electron chi connectivity index (χ3n) is 3.40. The minimum Gasteiger partial charge on any atom is -0.481 e. The van der Waals surface area contributed by atoms with Crippen molar-refractivity contribution in [2.24, 2.45) is 5.92 Å². The minimum absolute atomic E-state index is 0.0438. The highest BCUT2D eigenvalue weighted by Gasteiger charge is 2.31. The van der Waals surface area contributed by atoms with Crippen LogP contribution in [0.1, 0.15) is 16.8 Å². The van der Waals surface area contributed by atoms with Gasteiger partial charge in [0.15, 0.2) is 9.84 Å². The van der Waals surface area contributed by atoms with E-state index < -0.39 is 21.7 Å². The average molecular weight is 376 g/mol. The van der Waals surface area contributed by atoms with Gasteiger partial charge in [-0.05, 0) is 40.5 Å². The Morgan fingerprint density at radius 1 is 1.38 bits per heavy atom. The third kappa shape index (κ3) is 3.44. The van der Waals surface area contributed by atoms with E-state index in [-0.39, 0.29) is 22.9 Å². The number of carbonyl (C=O) groups is 2. The molecule has 1 heterocycles. The Hall–Kier alpha value is -1.41. The predicted molar refractivity (Wildman–Crippen MR) is 78.9 cm³/mol. The molecule has 1 aliphatic rings. The molecule has 21 heavy (non-hydrogen) atoms. The van der Waals surface area contributed by atoms with Gasteiger partial charge in [-0.15, -0.1) is 0 Å². The lowest BCUT2D eigenvalue weighted by Crippen LogP contribution is -2.30. The third-order valence-corrected chi connectivity index (χ3v) is 5.49. The van der Waals surface area contributed by atoms with E-state index in [0.29, 0.717) is 17.4 Å². The van der Waals surface area contributed by atoms with Gasteiger partial charge in [0.1, 0.15) is 0 Å². The Labute approximate surface area is 130 Å². The molecule has 0 spiro atoms. The largest absolute Gasteiger partial charge is 0.481 e. The highest BCUT2D eigenvalue weighted by Crippen LogP contribution is 2.25. The lowest BCUT2D eigenvalue weighted by molar-refractivity contribution is -0.141. The van der Waals surface area contributed by atoms with Gasteiger partial charge in [-0.25, -0.2) is 8.42 Å². The summed E-state index contributed by atoms with van der Waals surface area (Å²) < 4.78 is 23.7. The fraction of sp³-hybridized carbons (Fsp3) is 0.385. The molecule has 1 amide bonds. The summed E-state index contributed by atoms with van der Waals surface area (Å²) in [6.07, 6.45) is 1.48. The smallest absolute Gasteiger partial charge is 0.308 e. The van der Waals surface area contributed by atoms with Crippen molar-refractivity contribution in [1.29, 1.82) is 0 Å². The van der Waals surface area contributed by atoms with Gasteiger partial charge in [0.25, 0.3) is 5.91 Å². The molecule has 2 rings (SSSR count). The molecule has 0 aliphatic carbocycles. The van der Waals surface area contributed by atoms with E-state index in [2.05, 4.69) is 15.9 Å². The van der Waals surface area contributed by atoms with E-state index in [1.54, 1.807) is 0 Å². The number of nitrogens with zero attached hydrogens (tertiary/aromatic N) is 1. The monoisotopic (exact) mass is 375 g/mol. The lowest BCUT2D eigenvalue weighted by Gasteiger charge is -2.16. The molecule has 0 radical (unpaired) electrons. The number of hydrogen-bond acceptors (Lipinski definition) is 4. The van der Waals surface area contributed by atoms with Crippen LogP contribution in [0.15, 0.2) is 27.6 Å². The van der Waals surface area contributed by atoms with Crippen molar-refractivity contribution in [2.45, 2.75) is 11.3 Å². The molecular weight excluding hydrogens is 362 g/mol. The molecule has 0 aromatic heterocycles. The normalized spacial score (nSPS) is 18.8. The topological polar surface area (TPSA) is 91.8 Å². The first-order chi connectivity index (χ1) is 9.70. The van der Waals surface area contributed by atoms with Gasteiger partial charge in [-0.1, -0.05) is 0 Å². The number of likely N-dealkylation sites (tertiary alicyclic amines) is 1. The molecule has 1 fully saturated rings. The molecule has 8 heteroatoms. The van der Waals surface area contributed by atoms with Crippen LogP contribution in [0.5, 0.6) is 0 Å². The summed E-state index contributed by atoms with van der Waals surface area (Å²) in [6, 6.07) is 4.35. The average Bonchev–Trinajstić information content (AvgIpc) is 2.86. The fourth-order valence-electron chi connectivity index (χ4n) is 2.25. The molecule has 1 aromatic rings. The van der Waals surface area contributed by atoms with Crippen molar-refractivity contribution >= 4 is 37.6 Å². The minimum atomic E-state index is -3.45. The van der Waals surface area contributed by atoms with Gasteiger partial charge in [-0.3, -0.25) is 9.59 Å². The molecular formula is C13H14BrNO5S. The predicted octanol–water partition coefficient (Wildman–Crippen LogP) is 1.40. The Kier molecular flexibility index (Phi) is 4.38. The van der Waals surface area contributed by atoms with Crippen molar-refractivity contribution in [3.8, 4) is 0 Å². The Morgan fingerprint density at radius 3 is 2.57 bits per heavy atom. The van der Waals surface area contributed by atoms with Crippen LogP contribution in [0.25, 0.3) is 0 Å². The summed E-state index contributed by atoms with van der Waals surface area (Å²) in [4.78, 5) is 24.7. The maximum atomic E-state index is 12.3. The highest BCUT2D eigenvalue weighted by molar-refractivity contribution is 9.10. The summed E-state index contributed by atoms with van der Waals surface area (Å²) in [5.41, 5.74) is 0.240. The summed E-state index contributed by atoms with van der Waals surface area (Å²) in [5, 5.41) is 8.95. The molecule has 1 atom stereocenters. The summed E-state index contributed by atoms with van der Waals surface area (Å²) >= 11 is 3.15. The second kappa shape index (κ2) is 5.76. The lowest BCUT2D eigenvalue weighted by atomic mass is 10.1. The maximum Gasteiger partial charge on any atom is 0.308 e. The molecule has 1 N–H and O–H groups in total. The Balaban J connectivity index is 2.27. The zero-order chi connectivity index (χ0) is 15.8. The molecule has 114 valence electrons. The van der Waals surface area contributed by atoms with Crippen LogP contribution in [0.3, 0.4) is 0 Å². The van der Waals surface area contributed by atoms with Crippen LogP contribution in [0, 0.1) is 5.92 Å². The summed E-state index contributed by atoms with van der Waals surface area (Å²) in [6.45, 7) is 0.512. The van der Waals surface area contributed by atoms with Gasteiger partial charge in [0, 0.05) is 29.4 Å². The molecule has 0 saturated carbocycles. The number of rotatable bonds is 3. The molecule has 6 nitrogen and oxygen atoms in total. The van der Waals surface area contributed by atoms with Crippen LogP contribution >= 0.6 is 15.9 Å². The Morgan fingerprint density at radius 2 is 2.05 bits per heavy atom.